The molecule has 1 unspecified atom stereocenters. The van der Waals surface area contributed by atoms with Gasteiger partial charge in [-0.25, -0.2) is 9.37 Å². The zero-order chi connectivity index (χ0) is 23.0. The molecule has 1 aromatic carbocycles. The van der Waals surface area contributed by atoms with E-state index in [1.807, 2.05) is 13.8 Å². The second kappa shape index (κ2) is 8.39. The van der Waals surface area contributed by atoms with Crippen molar-refractivity contribution in [1.29, 1.82) is 0 Å². The van der Waals surface area contributed by atoms with Gasteiger partial charge < -0.3 is 5.11 Å². The lowest BCUT2D eigenvalue weighted by atomic mass is 10.0. The van der Waals surface area contributed by atoms with Gasteiger partial charge in [0, 0.05) is 17.8 Å². The van der Waals surface area contributed by atoms with Gasteiger partial charge in [-0.2, -0.15) is 18.3 Å². The van der Waals surface area contributed by atoms with Crippen molar-refractivity contribution in [2.24, 2.45) is 0 Å². The number of alkyl halides is 3. The molecule has 0 saturated heterocycles. The Morgan fingerprint density at radius 3 is 2.19 bits per heavy atom. The van der Waals surface area contributed by atoms with Gasteiger partial charge in [0.15, 0.2) is 0 Å². The Kier molecular flexibility index (Phi) is 6.20. The van der Waals surface area contributed by atoms with Gasteiger partial charge in [0.1, 0.15) is 17.6 Å². The summed E-state index contributed by atoms with van der Waals surface area (Å²) in [6, 6.07) is 10.3. The molecule has 0 aliphatic heterocycles. The second-order valence-electron chi connectivity index (χ2n) is 8.10. The number of nitrogens with one attached hydrogen (secondary N) is 1. The van der Waals surface area contributed by atoms with Crippen LogP contribution in [0.15, 0.2) is 48.7 Å². The number of hydrogen-bond donors (Lipinski definition) is 2. The quantitative estimate of drug-likeness (QED) is 0.409. The minimum absolute atomic E-state index is 0.0111. The van der Waals surface area contributed by atoms with Crippen molar-refractivity contribution in [3.63, 3.8) is 0 Å². The third-order valence-electron chi connectivity index (χ3n) is 4.93. The zero-order valence-electron chi connectivity index (χ0n) is 17.6. The average molecular weight is 436 g/mol. The van der Waals surface area contributed by atoms with Crippen LogP contribution < -0.4 is 5.32 Å². The van der Waals surface area contributed by atoms with E-state index in [2.05, 4.69) is 15.4 Å². The van der Waals surface area contributed by atoms with Crippen LogP contribution in [0.1, 0.15) is 45.5 Å². The highest BCUT2D eigenvalue weighted by molar-refractivity contribution is 5.66. The van der Waals surface area contributed by atoms with Crippen LogP contribution in [0, 0.1) is 5.82 Å². The standard InChI is InChI=1S/C22H24F4N4O/c1-13(2)30-19(9-10-27-30)18-12-15(20(31)29-21(3,4)22(24,25)26)11-17(28-18)14-5-7-16(23)8-6-14/h5-13,20,29,31H,1-4H3. The molecule has 3 aromatic rings. The maximum Gasteiger partial charge on any atom is 0.406 e. The Balaban J connectivity index is 2.11. The fourth-order valence-electron chi connectivity index (χ4n) is 3.04. The molecule has 0 fully saturated rings. The molecule has 0 saturated carbocycles. The van der Waals surface area contributed by atoms with E-state index >= 15 is 0 Å². The molecular formula is C22H24F4N4O. The number of hydrogen-bond acceptors (Lipinski definition) is 4. The fourth-order valence-corrected chi connectivity index (χ4v) is 3.04. The first-order valence-corrected chi connectivity index (χ1v) is 9.73. The molecule has 5 nitrogen and oxygen atoms in total. The number of benzene rings is 1. The largest absolute Gasteiger partial charge is 0.406 e. The lowest BCUT2D eigenvalue weighted by Gasteiger charge is -2.31. The van der Waals surface area contributed by atoms with Gasteiger partial charge >= 0.3 is 6.18 Å². The molecule has 0 bridgehead atoms. The monoisotopic (exact) mass is 436 g/mol. The average Bonchev–Trinajstić information content (AvgIpc) is 3.17. The van der Waals surface area contributed by atoms with Crippen molar-refractivity contribution in [3.8, 4) is 22.6 Å². The first-order valence-electron chi connectivity index (χ1n) is 9.73. The molecule has 1 atom stereocenters. The number of aliphatic hydroxyl groups excluding tert-OH is 1. The van der Waals surface area contributed by atoms with E-state index in [9.17, 15) is 22.7 Å². The molecule has 31 heavy (non-hydrogen) atoms. The Bertz CT molecular complexity index is 1040. The maximum absolute atomic E-state index is 13.4. The SMILES string of the molecule is CC(C)n1nccc1-c1cc(C(O)NC(C)(C)C(F)(F)F)cc(-c2ccc(F)cc2)n1. The number of pyridine rings is 1. The summed E-state index contributed by atoms with van der Waals surface area (Å²) < 4.78 is 55.0. The Morgan fingerprint density at radius 2 is 1.61 bits per heavy atom. The fraction of sp³-hybridized carbons (Fsp3) is 0.364. The highest BCUT2D eigenvalue weighted by atomic mass is 19.4. The molecule has 0 spiro atoms. The van der Waals surface area contributed by atoms with Crippen LogP contribution in [0.5, 0.6) is 0 Å². The predicted octanol–water partition coefficient (Wildman–Crippen LogP) is 5.25. The molecule has 2 aromatic heterocycles. The van der Waals surface area contributed by atoms with Crippen molar-refractivity contribution in [2.45, 2.75) is 51.7 Å². The highest BCUT2D eigenvalue weighted by Gasteiger charge is 2.48. The van der Waals surface area contributed by atoms with Crippen molar-refractivity contribution >= 4 is 0 Å². The number of halogens is 4. The van der Waals surface area contributed by atoms with Crippen molar-refractivity contribution in [2.75, 3.05) is 0 Å². The molecular weight excluding hydrogens is 412 g/mol. The molecule has 0 aliphatic carbocycles. The minimum Gasteiger partial charge on any atom is -0.374 e. The minimum atomic E-state index is -4.57. The molecule has 0 aliphatic rings. The number of aromatic nitrogens is 3. The van der Waals surface area contributed by atoms with Crippen LogP contribution in [0.4, 0.5) is 17.6 Å². The predicted molar refractivity (Wildman–Crippen MR) is 109 cm³/mol. The van der Waals surface area contributed by atoms with Gasteiger partial charge in [-0.3, -0.25) is 10.00 Å². The summed E-state index contributed by atoms with van der Waals surface area (Å²) in [4.78, 5) is 4.60. The highest BCUT2D eigenvalue weighted by Crippen LogP contribution is 2.33. The van der Waals surface area contributed by atoms with E-state index in [1.54, 1.807) is 16.9 Å². The Hall–Kier alpha value is -2.78. The summed E-state index contributed by atoms with van der Waals surface area (Å²) in [5.41, 5.74) is -0.127. The van der Waals surface area contributed by atoms with Crippen LogP contribution in [-0.4, -0.2) is 31.6 Å². The molecule has 0 amide bonds. The summed E-state index contributed by atoms with van der Waals surface area (Å²) in [6.45, 7) is 5.77. The molecule has 9 heteroatoms. The normalized spacial score (nSPS) is 13.6. The summed E-state index contributed by atoms with van der Waals surface area (Å²) >= 11 is 0. The van der Waals surface area contributed by atoms with Crippen LogP contribution in [0.2, 0.25) is 0 Å². The maximum atomic E-state index is 13.4. The van der Waals surface area contributed by atoms with E-state index in [1.165, 1.54) is 36.4 Å². The van der Waals surface area contributed by atoms with Crippen LogP contribution >= 0.6 is 0 Å². The summed E-state index contributed by atoms with van der Waals surface area (Å²) in [5, 5.41) is 17.1. The molecule has 0 radical (unpaired) electrons. The third-order valence-corrected chi connectivity index (χ3v) is 4.93. The summed E-state index contributed by atoms with van der Waals surface area (Å²) in [5.74, 6) is -0.424. The van der Waals surface area contributed by atoms with E-state index in [-0.39, 0.29) is 11.6 Å². The zero-order valence-corrected chi connectivity index (χ0v) is 17.6. The van der Waals surface area contributed by atoms with Crippen molar-refractivity contribution < 1.29 is 22.7 Å². The molecule has 2 N–H and O–H groups in total. The molecule has 2 heterocycles. The Labute approximate surface area is 177 Å². The van der Waals surface area contributed by atoms with Crippen molar-refractivity contribution in [1.82, 2.24) is 20.1 Å². The van der Waals surface area contributed by atoms with Crippen LogP contribution in [0.3, 0.4) is 0 Å². The van der Waals surface area contributed by atoms with Crippen LogP contribution in [-0.2, 0) is 0 Å². The lowest BCUT2D eigenvalue weighted by Crippen LogP contribution is -2.53. The molecule has 166 valence electrons. The number of nitrogens with zero attached hydrogens (tertiary/aromatic N) is 3. The van der Waals surface area contributed by atoms with Gasteiger partial charge in [0.25, 0.3) is 0 Å². The van der Waals surface area contributed by atoms with Gasteiger partial charge in [-0.15, -0.1) is 0 Å². The van der Waals surface area contributed by atoms with Gasteiger partial charge in [0.05, 0.1) is 17.1 Å². The van der Waals surface area contributed by atoms with Crippen molar-refractivity contribution in [3.05, 3.63) is 60.0 Å². The topological polar surface area (TPSA) is 63.0 Å². The number of aliphatic hydroxyl groups is 1. The first kappa shape index (κ1) is 22.9. The smallest absolute Gasteiger partial charge is 0.374 e. The summed E-state index contributed by atoms with van der Waals surface area (Å²) in [6.07, 6.45) is -4.59. The van der Waals surface area contributed by atoms with E-state index in [4.69, 9.17) is 0 Å². The van der Waals surface area contributed by atoms with Crippen LogP contribution in [0.25, 0.3) is 22.6 Å². The van der Waals surface area contributed by atoms with E-state index in [0.29, 0.717) is 22.6 Å². The summed E-state index contributed by atoms with van der Waals surface area (Å²) in [7, 11) is 0. The first-order chi connectivity index (χ1) is 14.4. The number of rotatable bonds is 6. The third kappa shape index (κ3) is 4.94. The second-order valence-corrected chi connectivity index (χ2v) is 8.10. The van der Waals surface area contributed by atoms with Gasteiger partial charge in [-0.05, 0) is 75.7 Å². The lowest BCUT2D eigenvalue weighted by molar-refractivity contribution is -0.194. The van der Waals surface area contributed by atoms with E-state index < -0.39 is 23.8 Å². The van der Waals surface area contributed by atoms with Gasteiger partial charge in [0.2, 0.25) is 0 Å². The Morgan fingerprint density at radius 1 is 1.00 bits per heavy atom. The van der Waals surface area contributed by atoms with Gasteiger partial charge in [-0.1, -0.05) is 0 Å². The van der Waals surface area contributed by atoms with E-state index in [0.717, 1.165) is 13.8 Å². The molecule has 3 rings (SSSR count).